The summed E-state index contributed by atoms with van der Waals surface area (Å²) < 4.78 is 0. The monoisotopic (exact) mass is 280 g/mol. The van der Waals surface area contributed by atoms with Gasteiger partial charge in [-0.05, 0) is 5.92 Å². The quantitative estimate of drug-likeness (QED) is 0.547. The van der Waals surface area contributed by atoms with Gasteiger partial charge in [-0.15, -0.1) is 0 Å². The second-order valence-electron chi connectivity index (χ2n) is 4.15. The summed E-state index contributed by atoms with van der Waals surface area (Å²) in [6.45, 7) is 7.11. The number of rotatable bonds is 4. The van der Waals surface area contributed by atoms with Gasteiger partial charge in [-0.1, -0.05) is 38.4 Å². The van der Waals surface area contributed by atoms with Crippen molar-refractivity contribution in [3.63, 3.8) is 0 Å². The van der Waals surface area contributed by atoms with Crippen molar-refractivity contribution in [1.29, 1.82) is 0 Å². The second kappa shape index (κ2) is 6.70. The predicted molar refractivity (Wildman–Crippen MR) is 63.4 cm³/mol. The van der Waals surface area contributed by atoms with Crippen LogP contribution < -0.4 is 34.9 Å². The van der Waals surface area contributed by atoms with Gasteiger partial charge in [0.15, 0.2) is 17.8 Å². The topological polar surface area (TPSA) is 77.3 Å². The van der Waals surface area contributed by atoms with Crippen LogP contribution >= 0.6 is 11.6 Å². The van der Waals surface area contributed by atoms with Crippen LogP contribution in [0.5, 0.6) is 0 Å². The Labute approximate surface area is 133 Å². The molecule has 1 saturated heterocycles. The molecule has 0 saturated carbocycles. The average Bonchev–Trinajstić information content (AvgIpc) is 2.22. The van der Waals surface area contributed by atoms with Crippen molar-refractivity contribution < 1.29 is 43.9 Å². The maximum absolute atomic E-state index is 12.0. The Balaban J connectivity index is 0.00000289. The molecule has 94 valence electrons. The first-order valence-corrected chi connectivity index (χ1v) is 5.67. The number of hydrogen-bond donors (Lipinski definition) is 1. The molecule has 0 spiro atoms. The molecule has 0 aromatic rings. The van der Waals surface area contributed by atoms with E-state index in [0.717, 1.165) is 0 Å². The van der Waals surface area contributed by atoms with Crippen LogP contribution in [0.15, 0.2) is 11.6 Å². The molecular weight excluding hydrogens is 267 g/mol. The molecular formula is C11H14ClN2NaO3. The van der Waals surface area contributed by atoms with Crippen LogP contribution in [-0.4, -0.2) is 17.8 Å². The number of nitrogens with one attached hydrogen (secondary N) is 1. The van der Waals surface area contributed by atoms with E-state index in [2.05, 4.69) is 17.2 Å². The van der Waals surface area contributed by atoms with Gasteiger partial charge in [-0.3, -0.25) is 14.4 Å². The molecule has 1 heterocycles. The Morgan fingerprint density at radius 2 is 2.06 bits per heavy atom. The molecule has 2 unspecified atom stereocenters. The number of nitrogens with zero attached hydrogens (tertiary/aromatic N) is 1. The summed E-state index contributed by atoms with van der Waals surface area (Å²) >= 11 is 5.72. The summed E-state index contributed by atoms with van der Waals surface area (Å²) in [4.78, 5) is 34.9. The van der Waals surface area contributed by atoms with E-state index >= 15 is 0 Å². The molecule has 5 nitrogen and oxygen atoms in total. The number of carbonyl (C=O) groups is 3. The second-order valence-corrected chi connectivity index (χ2v) is 4.69. The minimum Gasteiger partial charge on any atom is -0.394 e. The molecule has 0 aromatic heterocycles. The summed E-state index contributed by atoms with van der Waals surface area (Å²) in [6.07, 6.45) is 0.581. The number of carbonyl (C=O) groups excluding carboxylic acids is 3. The van der Waals surface area contributed by atoms with E-state index in [1.807, 2.05) is 6.92 Å². The minimum absolute atomic E-state index is 0. The molecule has 0 radical (unpaired) electrons. The zero-order chi connectivity index (χ0) is 13.2. The first kappa shape index (κ1) is 17.6. The zero-order valence-corrected chi connectivity index (χ0v) is 13.5. The largest absolute Gasteiger partial charge is 1.00 e. The van der Waals surface area contributed by atoms with Crippen LogP contribution in [0.3, 0.4) is 0 Å². The normalized spacial score (nSPS) is 24.7. The van der Waals surface area contributed by atoms with Gasteiger partial charge in [-0.25, -0.2) is 0 Å². The van der Waals surface area contributed by atoms with Gasteiger partial charge >= 0.3 is 29.6 Å². The van der Waals surface area contributed by atoms with E-state index in [1.165, 1.54) is 0 Å². The molecule has 0 aliphatic carbocycles. The van der Waals surface area contributed by atoms with Gasteiger partial charge in [0.1, 0.15) is 0 Å². The third kappa shape index (κ3) is 3.15. The molecule has 18 heavy (non-hydrogen) atoms. The Morgan fingerprint density at radius 1 is 1.50 bits per heavy atom. The number of imide groups is 2. The van der Waals surface area contributed by atoms with Crippen LogP contribution in [0.25, 0.3) is 5.32 Å². The molecule has 4 amide bonds. The van der Waals surface area contributed by atoms with Crippen LogP contribution in [-0.2, 0) is 9.59 Å². The number of barbiturate groups is 1. The van der Waals surface area contributed by atoms with Gasteiger partial charge < -0.3 is 10.6 Å². The smallest absolute Gasteiger partial charge is 0.394 e. The van der Waals surface area contributed by atoms with Gasteiger partial charge in [0, 0.05) is 11.5 Å². The summed E-state index contributed by atoms with van der Waals surface area (Å²) in [6, 6.07) is -0.917. The van der Waals surface area contributed by atoms with Gasteiger partial charge in [0.25, 0.3) is 0 Å². The molecule has 1 aliphatic heterocycles. The predicted octanol–water partition coefficient (Wildman–Crippen LogP) is -0.684. The molecule has 1 fully saturated rings. The summed E-state index contributed by atoms with van der Waals surface area (Å²) in [5.41, 5.74) is -1.40. The van der Waals surface area contributed by atoms with Crippen molar-refractivity contribution in [1.82, 2.24) is 5.32 Å². The fourth-order valence-corrected chi connectivity index (χ4v) is 2.15. The van der Waals surface area contributed by atoms with Crippen molar-refractivity contribution in [3.8, 4) is 0 Å². The number of halogens is 1. The molecule has 2 atom stereocenters. The Bertz CT molecular complexity index is 378. The number of urea groups is 1. The zero-order valence-electron chi connectivity index (χ0n) is 10.7. The van der Waals surface area contributed by atoms with Crippen LogP contribution in [0, 0.1) is 11.3 Å². The Hall–Kier alpha value is -0.360. The van der Waals surface area contributed by atoms with E-state index in [0.29, 0.717) is 6.42 Å². The van der Waals surface area contributed by atoms with E-state index in [4.69, 9.17) is 11.6 Å². The van der Waals surface area contributed by atoms with Crippen molar-refractivity contribution >= 4 is 29.4 Å². The number of amides is 4. The first-order chi connectivity index (χ1) is 7.84. The van der Waals surface area contributed by atoms with Crippen molar-refractivity contribution in [2.24, 2.45) is 11.3 Å². The van der Waals surface area contributed by atoms with E-state index < -0.39 is 23.3 Å². The molecule has 0 bridgehead atoms. The van der Waals surface area contributed by atoms with Gasteiger partial charge in [-0.2, -0.15) is 0 Å². The number of hydrogen-bond acceptors (Lipinski definition) is 3. The molecule has 1 aliphatic rings. The molecule has 0 aromatic carbocycles. The van der Waals surface area contributed by atoms with E-state index in [-0.39, 0.29) is 46.9 Å². The van der Waals surface area contributed by atoms with Crippen molar-refractivity contribution in [2.45, 2.75) is 26.7 Å². The Morgan fingerprint density at radius 3 is 2.44 bits per heavy atom. The van der Waals surface area contributed by atoms with Crippen molar-refractivity contribution in [3.05, 3.63) is 16.9 Å². The maximum Gasteiger partial charge on any atom is 1.00 e. The van der Waals surface area contributed by atoms with E-state index in [1.54, 1.807) is 6.92 Å². The number of allylic oxidation sites excluding steroid dienone is 1. The average molecular weight is 281 g/mol. The molecule has 1 rings (SSSR count). The van der Waals surface area contributed by atoms with Crippen LogP contribution in [0.1, 0.15) is 26.7 Å². The maximum atomic E-state index is 12.0. The van der Waals surface area contributed by atoms with Gasteiger partial charge in [0.2, 0.25) is 0 Å². The third-order valence-corrected chi connectivity index (χ3v) is 3.27. The fourth-order valence-electron chi connectivity index (χ4n) is 1.94. The summed E-state index contributed by atoms with van der Waals surface area (Å²) in [5, 5.41) is 5.55. The fraction of sp³-hybridized carbons (Fsp3) is 0.545. The standard InChI is InChI=1S/C11H15ClN2O3.Na/c1-4-6(2)11(5-7(3)12)8(15)13-10(17)14-9(11)16;/h6H,3-5H2,1-2H3,(H2,13,14,15,16,17);/q;+1/p-1. The van der Waals surface area contributed by atoms with Gasteiger partial charge in [0.05, 0.1) is 5.41 Å². The summed E-state index contributed by atoms with van der Waals surface area (Å²) in [7, 11) is 0. The van der Waals surface area contributed by atoms with E-state index in [9.17, 15) is 14.4 Å². The van der Waals surface area contributed by atoms with Crippen LogP contribution in [0.4, 0.5) is 4.79 Å². The third-order valence-electron chi connectivity index (χ3n) is 3.13. The Kier molecular flexibility index (Phi) is 6.57. The molecule has 1 N–H and O–H groups in total. The van der Waals surface area contributed by atoms with Crippen LogP contribution in [0.2, 0.25) is 0 Å². The van der Waals surface area contributed by atoms with Crippen molar-refractivity contribution in [2.75, 3.05) is 0 Å². The first-order valence-electron chi connectivity index (χ1n) is 5.29. The molecule has 7 heteroatoms. The SMILES string of the molecule is C=C(Cl)CC1(C(C)CC)C(=O)[N-]C(=O)NC1=O.[Na+]. The summed E-state index contributed by atoms with van der Waals surface area (Å²) in [5.74, 6) is -1.65. The minimum atomic E-state index is -1.40.